The van der Waals surface area contributed by atoms with Crippen LogP contribution in [0, 0.1) is 5.92 Å². The van der Waals surface area contributed by atoms with Crippen molar-refractivity contribution in [3.63, 3.8) is 0 Å². The van der Waals surface area contributed by atoms with E-state index in [-0.39, 0.29) is 18.6 Å². The molecule has 1 saturated carbocycles. The molecule has 0 aliphatic heterocycles. The lowest BCUT2D eigenvalue weighted by Gasteiger charge is -2.41. The summed E-state index contributed by atoms with van der Waals surface area (Å²) in [5.74, 6) is 0.746. The molecule has 1 fully saturated rings. The minimum Gasteiger partial charge on any atom is -0.374 e. The summed E-state index contributed by atoms with van der Waals surface area (Å²) in [6.07, 6.45) is 0.566. The molecule has 1 N–H and O–H groups in total. The van der Waals surface area contributed by atoms with Crippen LogP contribution in [0.1, 0.15) is 65.7 Å². The third-order valence-corrected chi connectivity index (χ3v) is 4.44. The highest BCUT2D eigenvalue weighted by molar-refractivity contribution is 4.89. The molecule has 0 radical (unpaired) electrons. The van der Waals surface area contributed by atoms with E-state index < -0.39 is 12.6 Å². The van der Waals surface area contributed by atoms with Gasteiger partial charge in [0.1, 0.15) is 0 Å². The van der Waals surface area contributed by atoms with Crippen LogP contribution in [0.5, 0.6) is 0 Å². The quantitative estimate of drug-likeness (QED) is 0.657. The maximum atomic E-state index is 12.2. The first-order valence-corrected chi connectivity index (χ1v) is 8.20. The first kappa shape index (κ1) is 18.8. The number of alkyl halides is 3. The maximum Gasteiger partial charge on any atom is 0.389 e. The Morgan fingerprint density at radius 3 is 2.33 bits per heavy atom. The standard InChI is InChI=1S/C16H30F3NO/c1-4-14-6-9-15(10-7-14,12-20-13(2)3)21-11-5-8-16(17,18)19/h13-14,20H,4-12H2,1-3H3. The molecule has 1 aliphatic carbocycles. The van der Waals surface area contributed by atoms with Crippen molar-refractivity contribution in [1.82, 2.24) is 5.32 Å². The molecular formula is C16H30F3NO. The Labute approximate surface area is 126 Å². The van der Waals surface area contributed by atoms with Crippen molar-refractivity contribution in [2.75, 3.05) is 13.2 Å². The number of rotatable bonds is 8. The molecule has 21 heavy (non-hydrogen) atoms. The van der Waals surface area contributed by atoms with Crippen LogP contribution < -0.4 is 5.32 Å². The van der Waals surface area contributed by atoms with Gasteiger partial charge in [-0.2, -0.15) is 13.2 Å². The van der Waals surface area contributed by atoms with E-state index in [0.717, 1.165) is 38.1 Å². The fourth-order valence-electron chi connectivity index (χ4n) is 2.94. The SMILES string of the molecule is CCC1CCC(CNC(C)C)(OCCCC(F)(F)F)CC1. The van der Waals surface area contributed by atoms with Gasteiger partial charge in [0, 0.05) is 25.6 Å². The molecule has 0 aromatic carbocycles. The third kappa shape index (κ3) is 7.50. The molecule has 5 heteroatoms. The molecule has 0 saturated heterocycles. The Bertz CT molecular complexity index is 284. The van der Waals surface area contributed by atoms with Crippen molar-refractivity contribution in [3.05, 3.63) is 0 Å². The Morgan fingerprint density at radius 1 is 1.24 bits per heavy atom. The Morgan fingerprint density at radius 2 is 1.86 bits per heavy atom. The van der Waals surface area contributed by atoms with Crippen LogP contribution >= 0.6 is 0 Å². The Hall–Kier alpha value is -0.290. The zero-order chi connectivity index (χ0) is 15.9. The summed E-state index contributed by atoms with van der Waals surface area (Å²) in [5, 5.41) is 3.40. The fraction of sp³-hybridized carbons (Fsp3) is 1.00. The second-order valence-electron chi connectivity index (χ2n) is 6.64. The van der Waals surface area contributed by atoms with E-state index in [2.05, 4.69) is 26.1 Å². The molecule has 0 spiro atoms. The van der Waals surface area contributed by atoms with E-state index in [0.29, 0.717) is 6.04 Å². The largest absolute Gasteiger partial charge is 0.389 e. The van der Waals surface area contributed by atoms with E-state index in [1.54, 1.807) is 0 Å². The Balaban J connectivity index is 2.45. The molecule has 1 rings (SSSR count). The topological polar surface area (TPSA) is 21.3 Å². The summed E-state index contributed by atoms with van der Waals surface area (Å²) in [4.78, 5) is 0. The van der Waals surface area contributed by atoms with E-state index in [1.807, 2.05) is 0 Å². The molecule has 0 aromatic rings. The van der Waals surface area contributed by atoms with Crippen molar-refractivity contribution >= 4 is 0 Å². The first-order valence-electron chi connectivity index (χ1n) is 8.20. The molecule has 0 aromatic heterocycles. The van der Waals surface area contributed by atoms with Gasteiger partial charge in [0.05, 0.1) is 5.60 Å². The van der Waals surface area contributed by atoms with E-state index in [1.165, 1.54) is 6.42 Å². The summed E-state index contributed by atoms with van der Waals surface area (Å²) in [6, 6.07) is 0.365. The number of nitrogens with one attached hydrogen (secondary N) is 1. The number of hydrogen-bond donors (Lipinski definition) is 1. The molecule has 2 nitrogen and oxygen atoms in total. The summed E-state index contributed by atoms with van der Waals surface area (Å²) in [7, 11) is 0. The highest BCUT2D eigenvalue weighted by atomic mass is 19.4. The summed E-state index contributed by atoms with van der Waals surface area (Å²) < 4.78 is 42.5. The van der Waals surface area contributed by atoms with Gasteiger partial charge in [-0.25, -0.2) is 0 Å². The lowest BCUT2D eigenvalue weighted by molar-refractivity contribution is -0.144. The minimum absolute atomic E-state index is 0.0597. The van der Waals surface area contributed by atoms with Crippen LogP contribution in [0.15, 0.2) is 0 Å². The van der Waals surface area contributed by atoms with Crippen LogP contribution in [0.2, 0.25) is 0 Å². The number of hydrogen-bond acceptors (Lipinski definition) is 2. The Kier molecular flexibility index (Phi) is 7.48. The summed E-state index contributed by atoms with van der Waals surface area (Å²) >= 11 is 0. The van der Waals surface area contributed by atoms with Crippen molar-refractivity contribution in [2.24, 2.45) is 5.92 Å². The molecule has 1 aliphatic rings. The lowest BCUT2D eigenvalue weighted by Crippen LogP contribution is -2.47. The van der Waals surface area contributed by atoms with Gasteiger partial charge >= 0.3 is 6.18 Å². The monoisotopic (exact) mass is 309 g/mol. The van der Waals surface area contributed by atoms with E-state index in [9.17, 15) is 13.2 Å². The van der Waals surface area contributed by atoms with Crippen molar-refractivity contribution in [1.29, 1.82) is 0 Å². The third-order valence-electron chi connectivity index (χ3n) is 4.44. The van der Waals surface area contributed by atoms with Gasteiger partial charge in [-0.3, -0.25) is 0 Å². The van der Waals surface area contributed by atoms with E-state index >= 15 is 0 Å². The molecular weight excluding hydrogens is 279 g/mol. The van der Waals surface area contributed by atoms with Crippen LogP contribution in [0.25, 0.3) is 0 Å². The van der Waals surface area contributed by atoms with Crippen LogP contribution in [0.3, 0.4) is 0 Å². The van der Waals surface area contributed by atoms with Crippen molar-refractivity contribution in [3.8, 4) is 0 Å². The zero-order valence-corrected chi connectivity index (χ0v) is 13.6. The van der Waals surface area contributed by atoms with Gasteiger partial charge in [-0.15, -0.1) is 0 Å². The molecule has 126 valence electrons. The smallest absolute Gasteiger partial charge is 0.374 e. The number of halogens is 3. The minimum atomic E-state index is -4.08. The van der Waals surface area contributed by atoms with Crippen molar-refractivity contribution < 1.29 is 17.9 Å². The second kappa shape index (κ2) is 8.37. The molecule has 0 bridgehead atoms. The van der Waals surface area contributed by atoms with Gasteiger partial charge in [0.15, 0.2) is 0 Å². The van der Waals surface area contributed by atoms with E-state index in [4.69, 9.17) is 4.74 Å². The van der Waals surface area contributed by atoms with Gasteiger partial charge in [-0.05, 0) is 38.0 Å². The second-order valence-corrected chi connectivity index (χ2v) is 6.64. The summed E-state index contributed by atoms with van der Waals surface area (Å²) in [6.45, 7) is 7.31. The van der Waals surface area contributed by atoms with Crippen LogP contribution in [-0.4, -0.2) is 31.0 Å². The lowest BCUT2D eigenvalue weighted by atomic mass is 9.77. The van der Waals surface area contributed by atoms with Gasteiger partial charge < -0.3 is 10.1 Å². The average molecular weight is 309 g/mol. The van der Waals surface area contributed by atoms with Gasteiger partial charge in [0.25, 0.3) is 0 Å². The summed E-state index contributed by atoms with van der Waals surface area (Å²) in [5.41, 5.74) is -0.262. The van der Waals surface area contributed by atoms with Crippen molar-refractivity contribution in [2.45, 2.75) is 83.5 Å². The van der Waals surface area contributed by atoms with Gasteiger partial charge in [0.2, 0.25) is 0 Å². The molecule has 0 amide bonds. The molecule has 0 unspecified atom stereocenters. The average Bonchev–Trinajstić information content (AvgIpc) is 2.41. The molecule has 0 heterocycles. The predicted molar refractivity (Wildman–Crippen MR) is 79.4 cm³/mol. The first-order chi connectivity index (χ1) is 9.76. The van der Waals surface area contributed by atoms with Crippen LogP contribution in [0.4, 0.5) is 13.2 Å². The predicted octanol–water partition coefficient (Wildman–Crippen LogP) is 4.68. The zero-order valence-electron chi connectivity index (χ0n) is 13.6. The van der Waals surface area contributed by atoms with Gasteiger partial charge in [-0.1, -0.05) is 27.2 Å². The normalized spacial score (nSPS) is 27.3. The number of ether oxygens (including phenoxy) is 1. The molecule has 0 atom stereocenters. The fourth-order valence-corrected chi connectivity index (χ4v) is 2.94. The van der Waals surface area contributed by atoms with Crippen LogP contribution in [-0.2, 0) is 4.74 Å². The highest BCUT2D eigenvalue weighted by Crippen LogP contribution is 2.36. The maximum absolute atomic E-state index is 12.2. The highest BCUT2D eigenvalue weighted by Gasteiger charge is 2.36.